The van der Waals surface area contributed by atoms with Crippen LogP contribution >= 0.6 is 0 Å². The number of nitrogens with zero attached hydrogens (tertiary/aromatic N) is 2. The Morgan fingerprint density at radius 2 is 1.95 bits per heavy atom. The highest BCUT2D eigenvalue weighted by Gasteiger charge is 2.23. The molecule has 1 amide bonds. The van der Waals surface area contributed by atoms with Crippen LogP contribution in [0.2, 0.25) is 0 Å². The third kappa shape index (κ3) is 4.17. The molecule has 1 saturated heterocycles. The predicted molar refractivity (Wildman–Crippen MR) is 83.2 cm³/mol. The first-order chi connectivity index (χ1) is 9.88. The van der Waals surface area contributed by atoms with E-state index in [0.717, 1.165) is 25.2 Å². The molecule has 1 aliphatic rings. The summed E-state index contributed by atoms with van der Waals surface area (Å²) in [5.74, 6) is 0.355. The van der Waals surface area contributed by atoms with Crippen molar-refractivity contribution < 1.29 is 13.2 Å². The van der Waals surface area contributed by atoms with Crippen LogP contribution < -0.4 is 10.2 Å². The summed E-state index contributed by atoms with van der Waals surface area (Å²) in [6, 6.07) is 3.61. The lowest BCUT2D eigenvalue weighted by Crippen LogP contribution is -2.32. The largest absolute Gasteiger partial charge is 0.357 e. The van der Waals surface area contributed by atoms with E-state index in [1.54, 1.807) is 12.3 Å². The fourth-order valence-corrected chi connectivity index (χ4v) is 2.66. The van der Waals surface area contributed by atoms with E-state index < -0.39 is 21.0 Å². The van der Waals surface area contributed by atoms with Gasteiger partial charge in [0.1, 0.15) is 11.1 Å². The molecule has 1 aromatic rings. The van der Waals surface area contributed by atoms with Crippen molar-refractivity contribution in [1.82, 2.24) is 4.98 Å². The fraction of sp³-hybridized carbons (Fsp3) is 0.571. The van der Waals surface area contributed by atoms with Gasteiger partial charge in [-0.1, -0.05) is 0 Å². The van der Waals surface area contributed by atoms with E-state index in [2.05, 4.69) is 15.2 Å². The Bertz CT molecular complexity index is 592. The first-order valence-electron chi connectivity index (χ1n) is 7.08. The molecule has 0 radical (unpaired) electrons. The molecule has 1 aliphatic heterocycles. The Hall–Kier alpha value is -1.63. The molecule has 6 nitrogen and oxygen atoms in total. The van der Waals surface area contributed by atoms with Crippen LogP contribution in [0, 0.1) is 0 Å². The molecule has 1 fully saturated rings. The summed E-state index contributed by atoms with van der Waals surface area (Å²) in [6.07, 6.45) is 6.22. The lowest BCUT2D eigenvalue weighted by atomic mass is 10.1. The minimum Gasteiger partial charge on any atom is -0.357 e. The maximum atomic E-state index is 11.8. The molecule has 0 saturated carbocycles. The van der Waals surface area contributed by atoms with Crippen LogP contribution in [0.4, 0.5) is 11.5 Å². The number of piperidine rings is 1. The summed E-state index contributed by atoms with van der Waals surface area (Å²) in [7, 11) is -3.39. The molecule has 0 aliphatic carbocycles. The van der Waals surface area contributed by atoms with Crippen molar-refractivity contribution >= 4 is 27.2 Å². The number of aromatic nitrogens is 1. The Kier molecular flexibility index (Phi) is 4.82. The third-order valence-corrected chi connectivity index (χ3v) is 5.21. The van der Waals surface area contributed by atoms with Crippen LogP contribution in [0.1, 0.15) is 26.2 Å². The molecular formula is C14H21N3O3S. The number of carbonyl (C=O) groups excluding carboxylic acids is 1. The number of anilines is 2. The highest BCUT2D eigenvalue weighted by Crippen LogP contribution is 2.19. The number of rotatable bonds is 4. The van der Waals surface area contributed by atoms with Crippen molar-refractivity contribution in [3.63, 3.8) is 0 Å². The minimum atomic E-state index is -3.39. The van der Waals surface area contributed by atoms with Gasteiger partial charge in [-0.3, -0.25) is 4.79 Å². The average molecular weight is 311 g/mol. The molecule has 116 valence electrons. The van der Waals surface area contributed by atoms with E-state index in [1.165, 1.54) is 26.2 Å². The standard InChI is InChI=1S/C14H21N3O3S/c1-11(21(2,19)20)14(18)16-12-6-7-13(15-10-12)17-8-4-3-5-9-17/h6-7,10-11H,3-5,8-9H2,1-2H3,(H,16,18)/t11-/m0/s1. The van der Waals surface area contributed by atoms with Crippen molar-refractivity contribution in [2.75, 3.05) is 29.6 Å². The second-order valence-corrected chi connectivity index (χ2v) is 7.78. The van der Waals surface area contributed by atoms with E-state index in [4.69, 9.17) is 0 Å². The number of hydrogen-bond donors (Lipinski definition) is 1. The Morgan fingerprint density at radius 1 is 1.29 bits per heavy atom. The molecule has 2 rings (SSSR count). The van der Waals surface area contributed by atoms with Gasteiger partial charge in [0, 0.05) is 19.3 Å². The summed E-state index contributed by atoms with van der Waals surface area (Å²) in [5, 5.41) is 1.51. The van der Waals surface area contributed by atoms with Gasteiger partial charge < -0.3 is 10.2 Å². The van der Waals surface area contributed by atoms with E-state index in [0.29, 0.717) is 5.69 Å². The van der Waals surface area contributed by atoms with Crippen LogP contribution in [-0.4, -0.2) is 43.9 Å². The van der Waals surface area contributed by atoms with E-state index in [9.17, 15) is 13.2 Å². The normalized spacial score (nSPS) is 17.3. The number of carbonyl (C=O) groups is 1. The average Bonchev–Trinajstić information content (AvgIpc) is 2.47. The summed E-state index contributed by atoms with van der Waals surface area (Å²) >= 11 is 0. The molecule has 0 aromatic carbocycles. The van der Waals surface area contributed by atoms with Crippen molar-refractivity contribution in [2.24, 2.45) is 0 Å². The Balaban J connectivity index is 2.00. The van der Waals surface area contributed by atoms with Crippen LogP contribution in [-0.2, 0) is 14.6 Å². The number of sulfone groups is 1. The van der Waals surface area contributed by atoms with Crippen molar-refractivity contribution in [3.8, 4) is 0 Å². The van der Waals surface area contributed by atoms with E-state index in [-0.39, 0.29) is 0 Å². The molecular weight excluding hydrogens is 290 g/mol. The summed E-state index contributed by atoms with van der Waals surface area (Å²) in [4.78, 5) is 18.4. The first kappa shape index (κ1) is 15.8. The maximum Gasteiger partial charge on any atom is 0.242 e. The van der Waals surface area contributed by atoms with Gasteiger partial charge in [0.2, 0.25) is 5.91 Å². The lowest BCUT2D eigenvalue weighted by Gasteiger charge is -2.27. The van der Waals surface area contributed by atoms with Gasteiger partial charge in [-0.2, -0.15) is 0 Å². The van der Waals surface area contributed by atoms with Gasteiger partial charge >= 0.3 is 0 Å². The molecule has 2 heterocycles. The zero-order valence-corrected chi connectivity index (χ0v) is 13.2. The number of amides is 1. The molecule has 1 atom stereocenters. The van der Waals surface area contributed by atoms with Gasteiger partial charge in [0.25, 0.3) is 0 Å². The molecule has 1 aromatic heterocycles. The van der Waals surface area contributed by atoms with Crippen LogP contribution in [0.5, 0.6) is 0 Å². The summed E-state index contributed by atoms with van der Waals surface area (Å²) in [5.41, 5.74) is 0.510. The molecule has 0 bridgehead atoms. The number of hydrogen-bond acceptors (Lipinski definition) is 5. The van der Waals surface area contributed by atoms with Gasteiger partial charge in [-0.05, 0) is 38.3 Å². The first-order valence-corrected chi connectivity index (χ1v) is 9.04. The monoisotopic (exact) mass is 311 g/mol. The molecule has 1 N–H and O–H groups in total. The quantitative estimate of drug-likeness (QED) is 0.910. The van der Waals surface area contributed by atoms with Crippen molar-refractivity contribution in [3.05, 3.63) is 18.3 Å². The molecule has 7 heteroatoms. The molecule has 21 heavy (non-hydrogen) atoms. The zero-order valence-electron chi connectivity index (χ0n) is 12.4. The highest BCUT2D eigenvalue weighted by molar-refractivity contribution is 7.92. The van der Waals surface area contributed by atoms with Gasteiger partial charge in [0.15, 0.2) is 9.84 Å². The fourth-order valence-electron chi connectivity index (χ4n) is 2.21. The maximum absolute atomic E-state index is 11.8. The molecule has 0 spiro atoms. The van der Waals surface area contributed by atoms with Crippen molar-refractivity contribution in [2.45, 2.75) is 31.4 Å². The highest BCUT2D eigenvalue weighted by atomic mass is 32.2. The van der Waals surface area contributed by atoms with Crippen molar-refractivity contribution in [1.29, 1.82) is 0 Å². The second-order valence-electron chi connectivity index (χ2n) is 5.41. The smallest absolute Gasteiger partial charge is 0.242 e. The Morgan fingerprint density at radius 3 is 2.48 bits per heavy atom. The van der Waals surface area contributed by atoms with Crippen LogP contribution in [0.3, 0.4) is 0 Å². The van der Waals surface area contributed by atoms with Gasteiger partial charge in [-0.15, -0.1) is 0 Å². The molecule has 0 unspecified atom stereocenters. The third-order valence-electron chi connectivity index (χ3n) is 3.71. The van der Waals surface area contributed by atoms with E-state index >= 15 is 0 Å². The zero-order chi connectivity index (χ0) is 15.5. The van der Waals surface area contributed by atoms with Gasteiger partial charge in [0.05, 0.1) is 11.9 Å². The van der Waals surface area contributed by atoms with Gasteiger partial charge in [-0.25, -0.2) is 13.4 Å². The topological polar surface area (TPSA) is 79.4 Å². The lowest BCUT2D eigenvalue weighted by molar-refractivity contribution is -0.115. The summed E-state index contributed by atoms with van der Waals surface area (Å²) < 4.78 is 22.7. The second kappa shape index (κ2) is 6.43. The number of pyridine rings is 1. The minimum absolute atomic E-state index is 0.510. The predicted octanol–water partition coefficient (Wildman–Crippen LogP) is 1.44. The van der Waals surface area contributed by atoms with Crippen LogP contribution in [0.15, 0.2) is 18.3 Å². The van der Waals surface area contributed by atoms with E-state index in [1.807, 2.05) is 6.07 Å². The number of nitrogens with one attached hydrogen (secondary N) is 1. The SMILES string of the molecule is C[C@@H](C(=O)Nc1ccc(N2CCCCC2)nc1)S(C)(=O)=O. The van der Waals surface area contributed by atoms with Crippen LogP contribution in [0.25, 0.3) is 0 Å². The summed E-state index contributed by atoms with van der Waals surface area (Å²) in [6.45, 7) is 3.38. The Labute approximate surface area is 125 Å².